The highest BCUT2D eigenvalue weighted by Gasteiger charge is 2.32. The Morgan fingerprint density at radius 2 is 2.00 bits per heavy atom. The Hall–Kier alpha value is -1.60. The van der Waals surface area contributed by atoms with Gasteiger partial charge in [0.1, 0.15) is 5.75 Å². The van der Waals surface area contributed by atoms with E-state index < -0.39 is 0 Å². The molecule has 1 aromatic rings. The second kappa shape index (κ2) is 10.3. The summed E-state index contributed by atoms with van der Waals surface area (Å²) in [5, 5.41) is 3.50. The summed E-state index contributed by atoms with van der Waals surface area (Å²) >= 11 is 1.95. The minimum Gasteiger partial charge on any atom is -0.497 e. The van der Waals surface area contributed by atoms with Gasteiger partial charge in [-0.1, -0.05) is 6.07 Å². The van der Waals surface area contributed by atoms with Gasteiger partial charge in [-0.3, -0.25) is 4.99 Å². The van der Waals surface area contributed by atoms with E-state index in [1.165, 1.54) is 5.69 Å². The lowest BCUT2D eigenvalue weighted by Crippen LogP contribution is -2.53. The standard InChI is InChI=1S/C21H34N4O2S/c1-4-22-20(23-17-21(28-3)8-14-27-15-9-21)25-12-10-24(11-13-25)18-6-5-7-19(16-18)26-2/h5-7,16H,4,8-15,17H2,1-3H3,(H,22,23). The maximum absolute atomic E-state index is 5.57. The van der Waals surface area contributed by atoms with Crippen LogP contribution in [0.2, 0.25) is 0 Å². The average Bonchev–Trinajstić information content (AvgIpc) is 2.77. The van der Waals surface area contributed by atoms with Gasteiger partial charge in [0.15, 0.2) is 5.96 Å². The predicted molar refractivity (Wildman–Crippen MR) is 119 cm³/mol. The van der Waals surface area contributed by atoms with E-state index >= 15 is 0 Å². The Balaban J connectivity index is 1.62. The van der Waals surface area contributed by atoms with E-state index in [9.17, 15) is 0 Å². The summed E-state index contributed by atoms with van der Waals surface area (Å²) in [4.78, 5) is 9.86. The van der Waals surface area contributed by atoms with Crippen molar-refractivity contribution < 1.29 is 9.47 Å². The molecule has 0 spiro atoms. The third-order valence-corrected chi connectivity index (χ3v) is 7.09. The molecule has 0 atom stereocenters. The second-order valence-corrected chi connectivity index (χ2v) is 8.62. The van der Waals surface area contributed by atoms with Crippen LogP contribution in [0, 0.1) is 0 Å². The lowest BCUT2D eigenvalue weighted by Gasteiger charge is -2.39. The molecule has 0 bridgehead atoms. The molecule has 0 saturated carbocycles. The van der Waals surface area contributed by atoms with Gasteiger partial charge in [0.25, 0.3) is 0 Å². The molecular formula is C21H34N4O2S. The summed E-state index contributed by atoms with van der Waals surface area (Å²) in [6.45, 7) is 9.51. The van der Waals surface area contributed by atoms with Gasteiger partial charge in [0.05, 0.1) is 13.7 Å². The largest absolute Gasteiger partial charge is 0.497 e. The second-order valence-electron chi connectivity index (χ2n) is 7.35. The molecule has 156 valence electrons. The number of thioether (sulfide) groups is 1. The Bertz CT molecular complexity index is 641. The summed E-state index contributed by atoms with van der Waals surface area (Å²) in [6, 6.07) is 8.32. The van der Waals surface area contributed by atoms with Crippen LogP contribution in [0.4, 0.5) is 5.69 Å². The van der Waals surface area contributed by atoms with Crippen molar-refractivity contribution in [1.82, 2.24) is 10.2 Å². The molecule has 3 rings (SSSR count). The van der Waals surface area contributed by atoms with E-state index in [2.05, 4.69) is 46.5 Å². The number of methoxy groups -OCH3 is 1. The van der Waals surface area contributed by atoms with Crippen molar-refractivity contribution in [2.45, 2.75) is 24.5 Å². The molecule has 1 aromatic carbocycles. The van der Waals surface area contributed by atoms with Crippen LogP contribution in [0.1, 0.15) is 19.8 Å². The van der Waals surface area contributed by atoms with E-state index in [0.717, 1.165) is 77.0 Å². The van der Waals surface area contributed by atoms with E-state index in [1.807, 2.05) is 17.8 Å². The molecule has 28 heavy (non-hydrogen) atoms. The van der Waals surface area contributed by atoms with Gasteiger partial charge in [-0.25, -0.2) is 0 Å². The molecule has 1 N–H and O–H groups in total. The lowest BCUT2D eigenvalue weighted by atomic mass is 9.99. The third-order valence-electron chi connectivity index (χ3n) is 5.69. The maximum atomic E-state index is 5.57. The first kappa shape index (κ1) is 21.1. The Kier molecular flexibility index (Phi) is 7.73. The SMILES string of the molecule is CCNC(=NCC1(SC)CCOCC1)N1CCN(c2cccc(OC)c2)CC1. The van der Waals surface area contributed by atoms with Gasteiger partial charge in [0, 0.05) is 62.4 Å². The maximum Gasteiger partial charge on any atom is 0.194 e. The van der Waals surface area contributed by atoms with Crippen molar-refractivity contribution in [3.05, 3.63) is 24.3 Å². The number of benzene rings is 1. The Labute approximate surface area is 173 Å². The number of nitrogens with zero attached hydrogens (tertiary/aromatic N) is 3. The molecule has 0 amide bonds. The molecule has 0 radical (unpaired) electrons. The van der Waals surface area contributed by atoms with E-state index in [4.69, 9.17) is 14.5 Å². The molecule has 2 fully saturated rings. The Morgan fingerprint density at radius 1 is 1.25 bits per heavy atom. The topological polar surface area (TPSA) is 49.3 Å². The number of ether oxygens (including phenoxy) is 2. The highest BCUT2D eigenvalue weighted by molar-refractivity contribution is 8.00. The van der Waals surface area contributed by atoms with Gasteiger partial charge in [-0.05, 0) is 38.2 Å². The first-order valence-corrected chi connectivity index (χ1v) is 11.5. The fourth-order valence-electron chi connectivity index (χ4n) is 3.80. The predicted octanol–water partition coefficient (Wildman–Crippen LogP) is 2.69. The first-order chi connectivity index (χ1) is 13.7. The number of hydrogen-bond acceptors (Lipinski definition) is 5. The molecule has 0 aromatic heterocycles. The quantitative estimate of drug-likeness (QED) is 0.579. The van der Waals surface area contributed by atoms with E-state index in [0.29, 0.717) is 0 Å². The monoisotopic (exact) mass is 406 g/mol. The van der Waals surface area contributed by atoms with Crippen LogP contribution in [0.15, 0.2) is 29.3 Å². The summed E-state index contributed by atoms with van der Waals surface area (Å²) < 4.78 is 11.2. The van der Waals surface area contributed by atoms with Crippen LogP contribution in [0.5, 0.6) is 5.75 Å². The number of piperazine rings is 1. The molecular weight excluding hydrogens is 372 g/mol. The van der Waals surface area contributed by atoms with Crippen molar-refractivity contribution >= 4 is 23.4 Å². The van der Waals surface area contributed by atoms with Crippen molar-refractivity contribution in [3.63, 3.8) is 0 Å². The van der Waals surface area contributed by atoms with Gasteiger partial charge < -0.3 is 24.6 Å². The van der Waals surface area contributed by atoms with Crippen LogP contribution < -0.4 is 15.0 Å². The zero-order chi connectivity index (χ0) is 19.8. The highest BCUT2D eigenvalue weighted by atomic mass is 32.2. The number of hydrogen-bond donors (Lipinski definition) is 1. The molecule has 2 saturated heterocycles. The zero-order valence-electron chi connectivity index (χ0n) is 17.4. The average molecular weight is 407 g/mol. The number of nitrogens with one attached hydrogen (secondary N) is 1. The summed E-state index contributed by atoms with van der Waals surface area (Å²) in [5.41, 5.74) is 1.23. The molecule has 0 unspecified atom stereocenters. The van der Waals surface area contributed by atoms with Crippen LogP contribution in [-0.2, 0) is 4.74 Å². The summed E-state index contributed by atoms with van der Waals surface area (Å²) in [6.07, 6.45) is 4.38. The first-order valence-electron chi connectivity index (χ1n) is 10.2. The van der Waals surface area contributed by atoms with Gasteiger partial charge in [0.2, 0.25) is 0 Å². The van der Waals surface area contributed by atoms with E-state index in [-0.39, 0.29) is 4.75 Å². The number of guanidine groups is 1. The van der Waals surface area contributed by atoms with Gasteiger partial charge in [-0.2, -0.15) is 11.8 Å². The van der Waals surface area contributed by atoms with Crippen LogP contribution in [0.25, 0.3) is 0 Å². The lowest BCUT2D eigenvalue weighted by molar-refractivity contribution is 0.0793. The number of rotatable bonds is 6. The molecule has 6 nitrogen and oxygen atoms in total. The van der Waals surface area contributed by atoms with Crippen molar-refractivity contribution in [2.75, 3.05) is 70.7 Å². The van der Waals surface area contributed by atoms with Crippen molar-refractivity contribution in [1.29, 1.82) is 0 Å². The Morgan fingerprint density at radius 3 is 2.64 bits per heavy atom. The van der Waals surface area contributed by atoms with Crippen LogP contribution in [0.3, 0.4) is 0 Å². The zero-order valence-corrected chi connectivity index (χ0v) is 18.3. The fraction of sp³-hybridized carbons (Fsp3) is 0.667. The third kappa shape index (κ3) is 5.26. The normalized spacial score (nSPS) is 20.2. The minimum absolute atomic E-state index is 0.224. The molecule has 2 aliphatic heterocycles. The molecule has 0 aliphatic carbocycles. The summed E-state index contributed by atoms with van der Waals surface area (Å²) in [7, 11) is 1.72. The summed E-state index contributed by atoms with van der Waals surface area (Å²) in [5.74, 6) is 1.96. The smallest absolute Gasteiger partial charge is 0.194 e. The van der Waals surface area contributed by atoms with Crippen molar-refractivity contribution in [3.8, 4) is 5.75 Å². The van der Waals surface area contributed by atoms with Gasteiger partial charge >= 0.3 is 0 Å². The number of anilines is 1. The molecule has 7 heteroatoms. The minimum atomic E-state index is 0.224. The van der Waals surface area contributed by atoms with Crippen LogP contribution >= 0.6 is 11.8 Å². The number of aliphatic imine (C=N–C) groups is 1. The highest BCUT2D eigenvalue weighted by Crippen LogP contribution is 2.34. The molecule has 2 heterocycles. The van der Waals surface area contributed by atoms with Crippen molar-refractivity contribution in [2.24, 2.45) is 4.99 Å². The fourth-order valence-corrected chi connectivity index (χ4v) is 4.57. The van der Waals surface area contributed by atoms with Crippen LogP contribution in [-0.4, -0.2) is 81.5 Å². The molecule has 2 aliphatic rings. The van der Waals surface area contributed by atoms with Gasteiger partial charge in [-0.15, -0.1) is 0 Å². The van der Waals surface area contributed by atoms with E-state index in [1.54, 1.807) is 7.11 Å².